The maximum atomic E-state index is 12.0. The second-order valence-corrected chi connectivity index (χ2v) is 5.89. The van der Waals surface area contributed by atoms with Crippen molar-refractivity contribution >= 4 is 17.2 Å². The molecule has 2 aromatic rings. The molecule has 0 unspecified atom stereocenters. The first-order valence-electron chi connectivity index (χ1n) is 6.64. The van der Waals surface area contributed by atoms with Crippen molar-refractivity contribution in [3.8, 4) is 0 Å². The second kappa shape index (κ2) is 6.17. The average Bonchev–Trinajstić information content (AvgIpc) is 2.93. The normalized spacial score (nSPS) is 10.8. The summed E-state index contributed by atoms with van der Waals surface area (Å²) >= 11 is 1.66. The van der Waals surface area contributed by atoms with Crippen molar-refractivity contribution in [2.45, 2.75) is 47.1 Å². The molecule has 0 aliphatic heterocycles. The molecule has 0 saturated carbocycles. The molecular weight excluding hydrogens is 274 g/mol. The van der Waals surface area contributed by atoms with E-state index in [0.717, 1.165) is 33.3 Å². The zero-order valence-corrected chi connectivity index (χ0v) is 13.1. The largest absolute Gasteiger partial charge is 0.361 e. The summed E-state index contributed by atoms with van der Waals surface area (Å²) in [5, 5.41) is 7.89. The smallest absolute Gasteiger partial charge is 0.224 e. The van der Waals surface area contributed by atoms with E-state index in [9.17, 15) is 4.79 Å². The summed E-state index contributed by atoms with van der Waals surface area (Å²) in [6.07, 6.45) is 1.23. The molecule has 0 aromatic carbocycles. The Morgan fingerprint density at radius 2 is 2.05 bits per heavy atom. The number of nitrogens with zero attached hydrogens (tertiary/aromatic N) is 2. The van der Waals surface area contributed by atoms with Gasteiger partial charge in [-0.3, -0.25) is 4.79 Å². The molecule has 2 aromatic heterocycles. The Balaban J connectivity index is 1.94. The predicted octanol–water partition coefficient (Wildman–Crippen LogP) is 2.48. The molecule has 0 bridgehead atoms. The van der Waals surface area contributed by atoms with Crippen LogP contribution in [0.25, 0.3) is 0 Å². The van der Waals surface area contributed by atoms with E-state index in [1.807, 2.05) is 20.8 Å². The van der Waals surface area contributed by atoms with Crippen molar-refractivity contribution in [2.24, 2.45) is 0 Å². The Morgan fingerprint density at radius 1 is 1.30 bits per heavy atom. The fraction of sp³-hybridized carbons (Fsp3) is 0.500. The molecule has 0 radical (unpaired) electrons. The predicted molar refractivity (Wildman–Crippen MR) is 77.8 cm³/mol. The van der Waals surface area contributed by atoms with E-state index in [1.165, 1.54) is 0 Å². The van der Waals surface area contributed by atoms with Crippen LogP contribution >= 0.6 is 11.3 Å². The van der Waals surface area contributed by atoms with Gasteiger partial charge in [-0.25, -0.2) is 4.98 Å². The highest BCUT2D eigenvalue weighted by Gasteiger charge is 2.14. The van der Waals surface area contributed by atoms with Crippen molar-refractivity contribution in [3.05, 3.63) is 32.6 Å². The lowest BCUT2D eigenvalue weighted by Crippen LogP contribution is -2.24. The number of hydrogen-bond donors (Lipinski definition) is 1. The van der Waals surface area contributed by atoms with Crippen LogP contribution in [0.3, 0.4) is 0 Å². The van der Waals surface area contributed by atoms with Crippen LogP contribution < -0.4 is 5.32 Å². The fourth-order valence-corrected chi connectivity index (χ4v) is 2.91. The number of carbonyl (C=O) groups excluding carboxylic acids is 1. The maximum absolute atomic E-state index is 12.0. The Hall–Kier alpha value is -1.69. The Labute approximate surface area is 122 Å². The van der Waals surface area contributed by atoms with E-state index in [4.69, 9.17) is 4.52 Å². The summed E-state index contributed by atoms with van der Waals surface area (Å²) in [5.41, 5.74) is 2.65. The minimum Gasteiger partial charge on any atom is -0.361 e. The number of aryl methyl sites for hydroxylation is 4. The number of hydrogen-bond acceptors (Lipinski definition) is 5. The zero-order valence-electron chi connectivity index (χ0n) is 12.2. The number of amides is 1. The molecule has 0 fully saturated rings. The molecule has 5 nitrogen and oxygen atoms in total. The highest BCUT2D eigenvalue weighted by atomic mass is 32.1. The van der Waals surface area contributed by atoms with Crippen LogP contribution in [0.5, 0.6) is 0 Å². The summed E-state index contributed by atoms with van der Waals surface area (Å²) in [4.78, 5) is 17.6. The molecule has 108 valence electrons. The maximum Gasteiger partial charge on any atom is 0.224 e. The number of rotatable bonds is 5. The molecular formula is C14H19N3O2S. The Kier molecular flexibility index (Phi) is 4.54. The first-order valence-corrected chi connectivity index (χ1v) is 7.46. The van der Waals surface area contributed by atoms with Gasteiger partial charge in [0, 0.05) is 10.4 Å². The molecule has 20 heavy (non-hydrogen) atoms. The van der Waals surface area contributed by atoms with E-state index in [2.05, 4.69) is 22.4 Å². The molecule has 2 rings (SSSR count). The van der Waals surface area contributed by atoms with Gasteiger partial charge in [0.05, 0.1) is 29.4 Å². The lowest BCUT2D eigenvalue weighted by atomic mass is 10.1. The van der Waals surface area contributed by atoms with Crippen molar-refractivity contribution in [3.63, 3.8) is 0 Å². The molecule has 6 heteroatoms. The Bertz CT molecular complexity index is 596. The van der Waals surface area contributed by atoms with Gasteiger partial charge in [0.15, 0.2) is 0 Å². The van der Waals surface area contributed by atoms with Crippen LogP contribution in [-0.2, 0) is 24.2 Å². The van der Waals surface area contributed by atoms with Gasteiger partial charge in [0.1, 0.15) is 5.76 Å². The van der Waals surface area contributed by atoms with E-state index < -0.39 is 0 Å². The van der Waals surface area contributed by atoms with Gasteiger partial charge < -0.3 is 9.84 Å². The highest BCUT2D eigenvalue weighted by Crippen LogP contribution is 2.18. The van der Waals surface area contributed by atoms with Crippen LogP contribution in [-0.4, -0.2) is 16.0 Å². The van der Waals surface area contributed by atoms with Crippen molar-refractivity contribution in [1.82, 2.24) is 15.5 Å². The van der Waals surface area contributed by atoms with E-state index in [0.29, 0.717) is 18.7 Å². The molecule has 1 N–H and O–H groups in total. The molecule has 0 aliphatic carbocycles. The quantitative estimate of drug-likeness (QED) is 0.919. The van der Waals surface area contributed by atoms with E-state index >= 15 is 0 Å². The summed E-state index contributed by atoms with van der Waals surface area (Å²) in [6.45, 7) is 8.26. The van der Waals surface area contributed by atoms with Crippen LogP contribution in [0.4, 0.5) is 0 Å². The molecule has 0 atom stereocenters. The molecule has 1 amide bonds. The lowest BCUT2D eigenvalue weighted by molar-refractivity contribution is -0.120. The summed E-state index contributed by atoms with van der Waals surface area (Å²) in [5.74, 6) is 0.685. The SMILES string of the molecule is CCc1nc(C)c(CNC(=O)Cc2c(C)noc2C)s1. The third-order valence-electron chi connectivity index (χ3n) is 3.20. The topological polar surface area (TPSA) is 68.0 Å². The third kappa shape index (κ3) is 3.25. The number of aromatic nitrogens is 2. The van der Waals surface area contributed by atoms with Gasteiger partial charge >= 0.3 is 0 Å². The van der Waals surface area contributed by atoms with Crippen molar-refractivity contribution < 1.29 is 9.32 Å². The molecule has 2 heterocycles. The molecule has 0 saturated heterocycles. The highest BCUT2D eigenvalue weighted by molar-refractivity contribution is 7.11. The minimum atomic E-state index is -0.0229. The van der Waals surface area contributed by atoms with E-state index in [1.54, 1.807) is 11.3 Å². The first-order chi connectivity index (χ1) is 9.51. The summed E-state index contributed by atoms with van der Waals surface area (Å²) < 4.78 is 5.06. The minimum absolute atomic E-state index is 0.0229. The van der Waals surface area contributed by atoms with Gasteiger partial charge in [-0.1, -0.05) is 12.1 Å². The van der Waals surface area contributed by atoms with E-state index in [-0.39, 0.29) is 5.91 Å². The summed E-state index contributed by atoms with van der Waals surface area (Å²) in [6, 6.07) is 0. The van der Waals surface area contributed by atoms with Gasteiger partial charge in [-0.05, 0) is 27.2 Å². The van der Waals surface area contributed by atoms with Gasteiger partial charge in [-0.15, -0.1) is 11.3 Å². The number of carbonyl (C=O) groups is 1. The van der Waals surface area contributed by atoms with Crippen LogP contribution in [0.1, 0.15) is 39.5 Å². The standard InChI is InChI=1S/C14H19N3O2S/c1-5-14-16-9(3)12(20-14)7-15-13(18)6-11-8(2)17-19-10(11)4/h5-7H2,1-4H3,(H,15,18). The fourth-order valence-electron chi connectivity index (χ4n) is 1.96. The van der Waals surface area contributed by atoms with Crippen molar-refractivity contribution in [2.75, 3.05) is 0 Å². The molecule has 0 spiro atoms. The third-order valence-corrected chi connectivity index (χ3v) is 4.51. The Morgan fingerprint density at radius 3 is 2.60 bits per heavy atom. The summed E-state index contributed by atoms with van der Waals surface area (Å²) in [7, 11) is 0. The van der Waals surface area contributed by atoms with Gasteiger partial charge in [0.2, 0.25) is 5.91 Å². The monoisotopic (exact) mass is 293 g/mol. The van der Waals surface area contributed by atoms with Crippen LogP contribution in [0.15, 0.2) is 4.52 Å². The van der Waals surface area contributed by atoms with Gasteiger partial charge in [-0.2, -0.15) is 0 Å². The van der Waals surface area contributed by atoms with Gasteiger partial charge in [0.25, 0.3) is 0 Å². The number of nitrogens with one attached hydrogen (secondary N) is 1. The van der Waals surface area contributed by atoms with Crippen molar-refractivity contribution in [1.29, 1.82) is 0 Å². The lowest BCUT2D eigenvalue weighted by Gasteiger charge is -2.04. The van der Waals surface area contributed by atoms with Crippen LogP contribution in [0.2, 0.25) is 0 Å². The van der Waals surface area contributed by atoms with Crippen LogP contribution in [0, 0.1) is 20.8 Å². The molecule has 0 aliphatic rings. The number of thiazole rings is 1. The second-order valence-electron chi connectivity index (χ2n) is 4.73. The average molecular weight is 293 g/mol. The first kappa shape index (κ1) is 14.7. The zero-order chi connectivity index (χ0) is 14.7.